The molecule has 13 nitrogen and oxygen atoms in total. The predicted molar refractivity (Wildman–Crippen MR) is 214 cm³/mol. The predicted octanol–water partition coefficient (Wildman–Crippen LogP) is 5.78. The molecule has 306 valence electrons. The van der Waals surface area contributed by atoms with Gasteiger partial charge in [0.2, 0.25) is 20.0 Å². The minimum atomic E-state index is -3.93. The monoisotopic (exact) mass is 821 g/mol. The molecule has 15 heteroatoms. The van der Waals surface area contributed by atoms with E-state index >= 15 is 0 Å². The SMILES string of the molecule is COc1ccc(S(=O)(=O)N2CCCC[C@@H](Cc3ccccc3)[C@H]2C(=O)NO)cc1.COc1ccc(S(=O)(=O)N2CCCC[C@@H](Cc3ccccc3)[C@H]2C(=O)O)cc1. The van der Waals surface area contributed by atoms with Crippen LogP contribution in [-0.4, -0.2) is 87.0 Å². The fraction of sp³-hybridized carbons (Fsp3) is 0.381. The molecule has 0 spiro atoms. The topological polar surface area (TPSA) is 180 Å². The first-order chi connectivity index (χ1) is 27.4. The van der Waals surface area contributed by atoms with Crippen LogP contribution in [0.3, 0.4) is 0 Å². The van der Waals surface area contributed by atoms with E-state index in [0.717, 1.165) is 24.0 Å². The summed E-state index contributed by atoms with van der Waals surface area (Å²) in [5.41, 5.74) is 3.73. The number of sulfonamides is 2. The van der Waals surface area contributed by atoms with E-state index in [1.165, 1.54) is 47.1 Å². The molecule has 4 aromatic rings. The van der Waals surface area contributed by atoms with Crippen LogP contribution < -0.4 is 15.0 Å². The third-order valence-electron chi connectivity index (χ3n) is 10.6. The molecule has 4 aromatic carbocycles. The minimum absolute atomic E-state index is 0.0833. The number of rotatable bonds is 12. The molecule has 0 aliphatic carbocycles. The van der Waals surface area contributed by atoms with Gasteiger partial charge in [-0.2, -0.15) is 8.61 Å². The number of nitrogens with zero attached hydrogens (tertiary/aromatic N) is 2. The standard InChI is InChI=1S/C21H26N2O5S.C21H25NO5S/c1-28-18-10-12-19(13-11-18)29(26,27)23-14-6-5-9-17(20(23)21(24)22-25)15-16-7-3-2-4-8-16;1-27-18-10-12-19(13-11-18)28(25,26)22-14-6-5-9-17(20(22)21(23)24)15-16-7-3-2-4-8-16/h2-4,7-8,10-13,17,20,25H,5-6,9,14-15H2,1H3,(H,22,24);2-4,7-8,10-13,17,20H,5-6,9,14-15H2,1H3,(H,23,24)/t2*17-,20-/m00/s1. The smallest absolute Gasteiger partial charge is 0.322 e. The third kappa shape index (κ3) is 10.8. The van der Waals surface area contributed by atoms with Crippen LogP contribution in [0, 0.1) is 11.8 Å². The maximum absolute atomic E-state index is 13.4. The van der Waals surface area contributed by atoms with Gasteiger partial charge in [0.25, 0.3) is 5.91 Å². The van der Waals surface area contributed by atoms with Gasteiger partial charge in [-0.1, -0.05) is 73.5 Å². The van der Waals surface area contributed by atoms with E-state index in [2.05, 4.69) is 0 Å². The van der Waals surface area contributed by atoms with Crippen LogP contribution in [0.2, 0.25) is 0 Å². The molecule has 2 aliphatic rings. The average Bonchev–Trinajstić information content (AvgIpc) is 3.59. The number of hydroxylamine groups is 1. The molecule has 3 N–H and O–H groups in total. The summed E-state index contributed by atoms with van der Waals surface area (Å²) in [6, 6.07) is 29.4. The number of benzene rings is 4. The summed E-state index contributed by atoms with van der Waals surface area (Å²) in [5, 5.41) is 19.3. The Kier molecular flexibility index (Phi) is 15.2. The molecule has 2 fully saturated rings. The lowest BCUT2D eigenvalue weighted by Crippen LogP contribution is -2.52. The highest BCUT2D eigenvalue weighted by atomic mass is 32.2. The average molecular weight is 822 g/mol. The first-order valence-electron chi connectivity index (χ1n) is 19.0. The summed E-state index contributed by atoms with van der Waals surface area (Å²) in [6.07, 6.45) is 5.36. The number of hydrogen-bond acceptors (Lipinski definition) is 9. The first kappa shape index (κ1) is 43.3. The Morgan fingerprint density at radius 3 is 1.37 bits per heavy atom. The largest absolute Gasteiger partial charge is 0.497 e. The Hall–Kier alpha value is -4.80. The van der Waals surface area contributed by atoms with Gasteiger partial charge < -0.3 is 14.6 Å². The van der Waals surface area contributed by atoms with E-state index in [1.807, 2.05) is 60.7 Å². The Morgan fingerprint density at radius 1 is 0.614 bits per heavy atom. The van der Waals surface area contributed by atoms with Crippen molar-refractivity contribution in [2.75, 3.05) is 27.3 Å². The summed E-state index contributed by atoms with van der Waals surface area (Å²) < 4.78 is 65.9. The molecule has 2 heterocycles. The quantitative estimate of drug-likeness (QED) is 0.117. The van der Waals surface area contributed by atoms with Crippen molar-refractivity contribution < 1.29 is 46.2 Å². The van der Waals surface area contributed by atoms with Crippen LogP contribution in [0.15, 0.2) is 119 Å². The highest BCUT2D eigenvalue weighted by Gasteiger charge is 2.43. The normalized spacial score (nSPS) is 20.8. The lowest BCUT2D eigenvalue weighted by Gasteiger charge is -2.32. The van der Waals surface area contributed by atoms with E-state index in [-0.39, 0.29) is 34.7 Å². The number of carboxylic acid groups (broad SMARTS) is 1. The van der Waals surface area contributed by atoms with Crippen molar-refractivity contribution in [3.8, 4) is 11.5 Å². The molecule has 2 saturated heterocycles. The maximum Gasteiger partial charge on any atom is 0.322 e. The molecule has 6 rings (SSSR count). The highest BCUT2D eigenvalue weighted by molar-refractivity contribution is 7.89. The van der Waals surface area contributed by atoms with Gasteiger partial charge in [0.05, 0.1) is 24.0 Å². The van der Waals surface area contributed by atoms with Gasteiger partial charge in [-0.25, -0.2) is 22.3 Å². The Labute approximate surface area is 335 Å². The molecule has 2 aliphatic heterocycles. The van der Waals surface area contributed by atoms with Crippen molar-refractivity contribution in [2.24, 2.45) is 11.8 Å². The lowest BCUT2D eigenvalue weighted by atomic mass is 9.88. The maximum atomic E-state index is 13.4. The fourth-order valence-electron chi connectivity index (χ4n) is 7.71. The van der Waals surface area contributed by atoms with Gasteiger partial charge in [0.1, 0.15) is 23.6 Å². The van der Waals surface area contributed by atoms with Crippen LogP contribution in [0.25, 0.3) is 0 Å². The second-order valence-electron chi connectivity index (χ2n) is 14.2. The van der Waals surface area contributed by atoms with Gasteiger partial charge in [-0.3, -0.25) is 14.8 Å². The van der Waals surface area contributed by atoms with Crippen LogP contribution in [-0.2, 0) is 42.5 Å². The molecule has 4 atom stereocenters. The Balaban J connectivity index is 0.000000218. The number of nitrogens with one attached hydrogen (secondary N) is 1. The van der Waals surface area contributed by atoms with E-state index < -0.39 is 44.0 Å². The second-order valence-corrected chi connectivity index (χ2v) is 18.0. The Bertz CT molecular complexity index is 2120. The number of carbonyl (C=O) groups is 2. The van der Waals surface area contributed by atoms with Crippen molar-refractivity contribution in [1.29, 1.82) is 0 Å². The summed E-state index contributed by atoms with van der Waals surface area (Å²) in [6.45, 7) is 0.425. The third-order valence-corrected chi connectivity index (χ3v) is 14.4. The molecular weight excluding hydrogens is 771 g/mol. The number of aliphatic carboxylic acids is 1. The number of amides is 1. The zero-order valence-corrected chi connectivity index (χ0v) is 33.8. The summed E-state index contributed by atoms with van der Waals surface area (Å²) in [5.74, 6) is -1.24. The van der Waals surface area contributed by atoms with Crippen molar-refractivity contribution >= 4 is 31.9 Å². The molecule has 1 amide bonds. The first-order valence-corrected chi connectivity index (χ1v) is 21.8. The van der Waals surface area contributed by atoms with Gasteiger partial charge in [-0.05, 0) is 110 Å². The molecule has 0 unspecified atom stereocenters. The number of ether oxygens (including phenoxy) is 2. The number of methoxy groups -OCH3 is 2. The van der Waals surface area contributed by atoms with Crippen LogP contribution in [0.1, 0.15) is 49.7 Å². The van der Waals surface area contributed by atoms with Gasteiger partial charge in [0, 0.05) is 13.1 Å². The van der Waals surface area contributed by atoms with E-state index in [4.69, 9.17) is 9.47 Å². The van der Waals surface area contributed by atoms with Crippen LogP contribution in [0.5, 0.6) is 11.5 Å². The van der Waals surface area contributed by atoms with E-state index in [1.54, 1.807) is 29.7 Å². The van der Waals surface area contributed by atoms with Crippen LogP contribution in [0.4, 0.5) is 0 Å². The number of hydrogen-bond donors (Lipinski definition) is 3. The minimum Gasteiger partial charge on any atom is -0.497 e. The molecule has 0 bridgehead atoms. The molecule has 0 radical (unpaired) electrons. The lowest BCUT2D eigenvalue weighted by molar-refractivity contribution is -0.143. The highest BCUT2D eigenvalue weighted by Crippen LogP contribution is 2.33. The summed E-state index contributed by atoms with van der Waals surface area (Å²) in [7, 11) is -4.85. The summed E-state index contributed by atoms with van der Waals surface area (Å²) >= 11 is 0. The zero-order valence-electron chi connectivity index (χ0n) is 32.1. The fourth-order valence-corrected chi connectivity index (χ4v) is 11.1. The summed E-state index contributed by atoms with van der Waals surface area (Å²) in [4.78, 5) is 25.0. The number of carbonyl (C=O) groups excluding carboxylic acids is 1. The van der Waals surface area contributed by atoms with Crippen molar-refractivity contribution in [1.82, 2.24) is 14.1 Å². The van der Waals surface area contributed by atoms with Crippen molar-refractivity contribution in [2.45, 2.75) is 73.2 Å². The van der Waals surface area contributed by atoms with E-state index in [9.17, 15) is 36.7 Å². The zero-order chi connectivity index (χ0) is 41.0. The van der Waals surface area contributed by atoms with Gasteiger partial charge in [-0.15, -0.1) is 0 Å². The second kappa shape index (κ2) is 20.1. The molecule has 57 heavy (non-hydrogen) atoms. The number of carboxylic acids is 1. The van der Waals surface area contributed by atoms with Crippen molar-refractivity contribution in [3.63, 3.8) is 0 Å². The molecule has 0 aromatic heterocycles. The van der Waals surface area contributed by atoms with Crippen LogP contribution >= 0.6 is 0 Å². The Morgan fingerprint density at radius 2 is 1.00 bits per heavy atom. The van der Waals surface area contributed by atoms with Gasteiger partial charge in [0.15, 0.2) is 0 Å². The van der Waals surface area contributed by atoms with Crippen molar-refractivity contribution in [3.05, 3.63) is 120 Å². The molecule has 0 saturated carbocycles. The van der Waals surface area contributed by atoms with Gasteiger partial charge >= 0.3 is 5.97 Å². The molecular formula is C42H51N3O10S2. The van der Waals surface area contributed by atoms with E-state index in [0.29, 0.717) is 50.0 Å².